The van der Waals surface area contributed by atoms with Crippen molar-refractivity contribution in [2.45, 2.75) is 13.8 Å². The van der Waals surface area contributed by atoms with Gasteiger partial charge in [-0.05, 0) is 31.5 Å². The Bertz CT molecular complexity index is 694. The smallest absolute Gasteiger partial charge is 0.270 e. The highest BCUT2D eigenvalue weighted by Crippen LogP contribution is 2.23. The fraction of sp³-hybridized carbons (Fsp3) is 0.133. The average molecular weight is 270 g/mol. The number of phenols is 1. The van der Waals surface area contributed by atoms with Gasteiger partial charge in [0.2, 0.25) is 0 Å². The maximum Gasteiger partial charge on any atom is 0.270 e. The van der Waals surface area contributed by atoms with Crippen LogP contribution in [0.25, 0.3) is 0 Å². The lowest BCUT2D eigenvalue weighted by atomic mass is 10.1. The van der Waals surface area contributed by atoms with Crippen molar-refractivity contribution in [3.63, 3.8) is 0 Å². The van der Waals surface area contributed by atoms with Gasteiger partial charge in [0.15, 0.2) is 0 Å². The molecule has 5 nitrogen and oxygen atoms in total. The van der Waals surface area contributed by atoms with E-state index >= 15 is 0 Å². The van der Waals surface area contributed by atoms with Crippen LogP contribution in [-0.4, -0.2) is 16.2 Å². The van der Waals surface area contributed by atoms with Crippen molar-refractivity contribution in [3.8, 4) is 5.75 Å². The summed E-state index contributed by atoms with van der Waals surface area (Å²) in [6.45, 7) is 3.93. The Hall–Kier alpha value is -2.69. The molecule has 2 rings (SSSR count). The van der Waals surface area contributed by atoms with E-state index in [1.165, 1.54) is 24.4 Å². The van der Waals surface area contributed by atoms with E-state index in [9.17, 15) is 15.2 Å². The minimum absolute atomic E-state index is 0.0379. The van der Waals surface area contributed by atoms with E-state index < -0.39 is 4.92 Å². The number of benzene rings is 2. The summed E-state index contributed by atoms with van der Waals surface area (Å²) in [4.78, 5) is 14.5. The lowest BCUT2D eigenvalue weighted by molar-refractivity contribution is -0.384. The van der Waals surface area contributed by atoms with E-state index in [-0.39, 0.29) is 11.4 Å². The second-order valence-electron chi connectivity index (χ2n) is 4.55. The Kier molecular flexibility index (Phi) is 3.79. The van der Waals surface area contributed by atoms with Crippen molar-refractivity contribution in [1.29, 1.82) is 0 Å². The summed E-state index contributed by atoms with van der Waals surface area (Å²) < 4.78 is 0. The van der Waals surface area contributed by atoms with Gasteiger partial charge in [-0.2, -0.15) is 0 Å². The minimum Gasteiger partial charge on any atom is -0.507 e. The van der Waals surface area contributed by atoms with Gasteiger partial charge in [0.1, 0.15) is 5.75 Å². The normalized spacial score (nSPS) is 10.9. The summed E-state index contributed by atoms with van der Waals surface area (Å²) in [5, 5.41) is 20.4. The van der Waals surface area contributed by atoms with E-state index in [1.807, 2.05) is 32.0 Å². The van der Waals surface area contributed by atoms with E-state index in [2.05, 4.69) is 4.99 Å². The fourth-order valence-electron chi connectivity index (χ4n) is 1.85. The lowest BCUT2D eigenvalue weighted by Gasteiger charge is -2.02. The highest BCUT2D eigenvalue weighted by Gasteiger charge is 2.08. The van der Waals surface area contributed by atoms with Crippen LogP contribution in [0.2, 0.25) is 0 Å². The first kappa shape index (κ1) is 13.7. The molecular formula is C15H14N2O3. The Balaban J connectivity index is 2.35. The van der Waals surface area contributed by atoms with Gasteiger partial charge in [-0.25, -0.2) is 0 Å². The summed E-state index contributed by atoms with van der Waals surface area (Å²) >= 11 is 0. The molecule has 2 aromatic rings. The molecule has 0 atom stereocenters. The third-order valence-electron chi connectivity index (χ3n) is 2.92. The van der Waals surface area contributed by atoms with Crippen LogP contribution in [0.4, 0.5) is 11.4 Å². The van der Waals surface area contributed by atoms with E-state index in [1.54, 1.807) is 0 Å². The Labute approximate surface area is 116 Å². The monoisotopic (exact) mass is 270 g/mol. The van der Waals surface area contributed by atoms with Gasteiger partial charge in [0.25, 0.3) is 5.69 Å². The number of hydrogen-bond acceptors (Lipinski definition) is 4. The molecule has 0 spiro atoms. The summed E-state index contributed by atoms with van der Waals surface area (Å²) in [5.74, 6) is -0.0379. The molecule has 0 heterocycles. The van der Waals surface area contributed by atoms with Crippen LogP contribution in [0.5, 0.6) is 5.75 Å². The van der Waals surface area contributed by atoms with Gasteiger partial charge in [-0.15, -0.1) is 0 Å². The maximum absolute atomic E-state index is 10.7. The highest BCUT2D eigenvalue weighted by molar-refractivity contribution is 5.86. The molecule has 0 radical (unpaired) electrons. The van der Waals surface area contributed by atoms with Crippen molar-refractivity contribution in [3.05, 3.63) is 63.2 Å². The number of aliphatic imine (C=N–C) groups is 1. The van der Waals surface area contributed by atoms with E-state index in [0.29, 0.717) is 5.56 Å². The predicted molar refractivity (Wildman–Crippen MR) is 77.9 cm³/mol. The molecule has 0 aliphatic carbocycles. The molecule has 0 saturated carbocycles. The number of nitrogens with zero attached hydrogens (tertiary/aromatic N) is 2. The van der Waals surface area contributed by atoms with Crippen molar-refractivity contribution in [2.75, 3.05) is 0 Å². The zero-order chi connectivity index (χ0) is 14.7. The van der Waals surface area contributed by atoms with Gasteiger partial charge < -0.3 is 5.11 Å². The first-order valence-electron chi connectivity index (χ1n) is 6.06. The molecule has 20 heavy (non-hydrogen) atoms. The van der Waals surface area contributed by atoms with Gasteiger partial charge in [-0.3, -0.25) is 15.1 Å². The number of aromatic hydroxyl groups is 1. The van der Waals surface area contributed by atoms with E-state index in [0.717, 1.165) is 16.8 Å². The van der Waals surface area contributed by atoms with Crippen molar-refractivity contribution < 1.29 is 10.0 Å². The number of nitro groups is 1. The third-order valence-corrected chi connectivity index (χ3v) is 2.92. The minimum atomic E-state index is -0.506. The molecule has 5 heteroatoms. The standard InChI is InChI=1S/C15H14N2O3/c1-10-3-5-14(11(2)7-10)16-9-12-8-13(17(19)20)4-6-15(12)18/h3-9,18H,1-2H3. The summed E-state index contributed by atoms with van der Waals surface area (Å²) in [7, 11) is 0. The van der Waals surface area contributed by atoms with Gasteiger partial charge in [0, 0.05) is 23.9 Å². The molecule has 0 aliphatic heterocycles. The number of aryl methyl sites for hydroxylation is 2. The topological polar surface area (TPSA) is 75.7 Å². The first-order chi connectivity index (χ1) is 9.47. The zero-order valence-corrected chi connectivity index (χ0v) is 11.2. The van der Waals surface area contributed by atoms with Crippen LogP contribution in [0, 0.1) is 24.0 Å². The molecule has 0 saturated heterocycles. The summed E-state index contributed by atoms with van der Waals surface area (Å²) in [5.41, 5.74) is 3.15. The molecule has 0 bridgehead atoms. The number of phenolic OH excluding ortho intramolecular Hbond substituents is 1. The number of nitro benzene ring substituents is 1. The van der Waals surface area contributed by atoms with Crippen LogP contribution < -0.4 is 0 Å². The van der Waals surface area contributed by atoms with Crippen LogP contribution in [0.15, 0.2) is 41.4 Å². The van der Waals surface area contributed by atoms with Crippen LogP contribution in [-0.2, 0) is 0 Å². The average Bonchev–Trinajstić information content (AvgIpc) is 2.39. The summed E-state index contributed by atoms with van der Waals surface area (Å²) in [6.07, 6.45) is 1.43. The van der Waals surface area contributed by atoms with Crippen LogP contribution >= 0.6 is 0 Å². The molecule has 0 unspecified atom stereocenters. The molecule has 0 aromatic heterocycles. The number of non-ortho nitro benzene ring substituents is 1. The summed E-state index contributed by atoms with van der Waals surface area (Å²) in [6, 6.07) is 9.65. The molecule has 0 aliphatic rings. The van der Waals surface area contributed by atoms with Gasteiger partial charge >= 0.3 is 0 Å². The lowest BCUT2D eigenvalue weighted by Crippen LogP contribution is -1.90. The van der Waals surface area contributed by atoms with E-state index in [4.69, 9.17) is 0 Å². The Morgan fingerprint density at radius 3 is 2.60 bits per heavy atom. The van der Waals surface area contributed by atoms with Crippen molar-refractivity contribution in [1.82, 2.24) is 0 Å². The Morgan fingerprint density at radius 1 is 1.20 bits per heavy atom. The number of rotatable bonds is 3. The quantitative estimate of drug-likeness (QED) is 0.525. The largest absolute Gasteiger partial charge is 0.507 e. The predicted octanol–water partition coefficient (Wildman–Crippen LogP) is 3.67. The second-order valence-corrected chi connectivity index (χ2v) is 4.55. The fourth-order valence-corrected chi connectivity index (χ4v) is 1.85. The van der Waals surface area contributed by atoms with Gasteiger partial charge in [0.05, 0.1) is 10.6 Å². The molecule has 102 valence electrons. The first-order valence-corrected chi connectivity index (χ1v) is 6.06. The second kappa shape index (κ2) is 5.52. The molecular weight excluding hydrogens is 256 g/mol. The Morgan fingerprint density at radius 2 is 1.95 bits per heavy atom. The number of hydrogen-bond donors (Lipinski definition) is 1. The van der Waals surface area contributed by atoms with Crippen LogP contribution in [0.1, 0.15) is 16.7 Å². The van der Waals surface area contributed by atoms with Crippen molar-refractivity contribution >= 4 is 17.6 Å². The SMILES string of the molecule is Cc1ccc(N=Cc2cc([N+](=O)[O-])ccc2O)c(C)c1. The third kappa shape index (κ3) is 3.00. The highest BCUT2D eigenvalue weighted by atomic mass is 16.6. The zero-order valence-electron chi connectivity index (χ0n) is 11.2. The molecule has 0 fully saturated rings. The maximum atomic E-state index is 10.7. The van der Waals surface area contributed by atoms with Crippen molar-refractivity contribution in [2.24, 2.45) is 4.99 Å². The molecule has 1 N–H and O–H groups in total. The van der Waals surface area contributed by atoms with Gasteiger partial charge in [-0.1, -0.05) is 17.7 Å². The molecule has 0 amide bonds. The van der Waals surface area contributed by atoms with Crippen LogP contribution in [0.3, 0.4) is 0 Å². The molecule has 2 aromatic carbocycles.